The average molecular weight is 435 g/mol. The minimum atomic E-state index is -0.0581. The van der Waals surface area contributed by atoms with Crippen LogP contribution in [0.5, 0.6) is 5.75 Å². The van der Waals surface area contributed by atoms with Crippen molar-refractivity contribution in [1.82, 2.24) is 10.3 Å². The van der Waals surface area contributed by atoms with E-state index in [-0.39, 0.29) is 18.4 Å². The van der Waals surface area contributed by atoms with Crippen LogP contribution in [0.15, 0.2) is 53.9 Å². The quantitative estimate of drug-likeness (QED) is 0.484. The molecule has 146 valence electrons. The normalized spacial score (nSPS) is 11.8. The summed E-state index contributed by atoms with van der Waals surface area (Å²) in [5.74, 6) is 0.671. The SMILES string of the molecule is CCC(NC(=O)Cc1csc(COc2ccc(Cl)cc2)n1)c1ccc(Cl)cc1. The van der Waals surface area contributed by atoms with Gasteiger partial charge in [-0.25, -0.2) is 4.98 Å². The van der Waals surface area contributed by atoms with Gasteiger partial charge in [0, 0.05) is 15.4 Å². The highest BCUT2D eigenvalue weighted by Crippen LogP contribution is 2.20. The number of nitrogens with zero attached hydrogens (tertiary/aromatic N) is 1. The molecule has 0 saturated carbocycles. The molecule has 2 aromatic carbocycles. The third-order valence-electron chi connectivity index (χ3n) is 4.13. The number of ether oxygens (including phenoxy) is 1. The van der Waals surface area contributed by atoms with Gasteiger partial charge < -0.3 is 10.1 Å². The Morgan fingerprint density at radius 2 is 1.75 bits per heavy atom. The third kappa shape index (κ3) is 5.96. The van der Waals surface area contributed by atoms with E-state index in [0.717, 1.165) is 28.4 Å². The molecule has 0 fully saturated rings. The molecule has 1 unspecified atom stereocenters. The summed E-state index contributed by atoms with van der Waals surface area (Å²) in [4.78, 5) is 16.9. The number of hydrogen-bond donors (Lipinski definition) is 1. The molecule has 7 heteroatoms. The summed E-state index contributed by atoms with van der Waals surface area (Å²) in [6, 6.07) is 14.7. The van der Waals surface area contributed by atoms with Gasteiger partial charge in [-0.2, -0.15) is 0 Å². The van der Waals surface area contributed by atoms with E-state index in [9.17, 15) is 4.79 Å². The number of thiazole rings is 1. The number of aromatic nitrogens is 1. The maximum atomic E-state index is 12.4. The molecule has 0 bridgehead atoms. The van der Waals surface area contributed by atoms with E-state index >= 15 is 0 Å². The highest BCUT2D eigenvalue weighted by Gasteiger charge is 2.14. The largest absolute Gasteiger partial charge is 0.486 e. The molecule has 0 radical (unpaired) electrons. The van der Waals surface area contributed by atoms with E-state index in [1.165, 1.54) is 11.3 Å². The number of hydrogen-bond acceptors (Lipinski definition) is 4. The first-order valence-corrected chi connectivity index (χ1v) is 10.5. The van der Waals surface area contributed by atoms with Crippen LogP contribution in [0.3, 0.4) is 0 Å². The molecule has 1 heterocycles. The Kier molecular flexibility index (Phi) is 7.31. The molecule has 0 spiro atoms. The van der Waals surface area contributed by atoms with Crippen molar-refractivity contribution >= 4 is 40.4 Å². The van der Waals surface area contributed by atoms with E-state index in [1.807, 2.05) is 48.7 Å². The highest BCUT2D eigenvalue weighted by molar-refractivity contribution is 7.09. The lowest BCUT2D eigenvalue weighted by atomic mass is 10.0. The Morgan fingerprint density at radius 3 is 2.39 bits per heavy atom. The second-order valence-corrected chi connectivity index (χ2v) is 8.05. The molecule has 0 aliphatic rings. The van der Waals surface area contributed by atoms with E-state index in [4.69, 9.17) is 27.9 Å². The van der Waals surface area contributed by atoms with Crippen LogP contribution in [-0.4, -0.2) is 10.9 Å². The van der Waals surface area contributed by atoms with Crippen molar-refractivity contribution in [2.24, 2.45) is 0 Å². The zero-order valence-corrected chi connectivity index (χ0v) is 17.7. The first-order valence-electron chi connectivity index (χ1n) is 8.90. The number of amides is 1. The van der Waals surface area contributed by atoms with Crippen LogP contribution in [0, 0.1) is 0 Å². The summed E-state index contributed by atoms with van der Waals surface area (Å²) in [5.41, 5.74) is 1.78. The van der Waals surface area contributed by atoms with Crippen molar-refractivity contribution in [1.29, 1.82) is 0 Å². The highest BCUT2D eigenvalue weighted by atomic mass is 35.5. The zero-order valence-electron chi connectivity index (χ0n) is 15.3. The van der Waals surface area contributed by atoms with E-state index < -0.39 is 0 Å². The second kappa shape index (κ2) is 9.92. The molecule has 0 aliphatic carbocycles. The van der Waals surface area contributed by atoms with Gasteiger partial charge in [0.1, 0.15) is 17.4 Å². The van der Waals surface area contributed by atoms with Crippen LogP contribution < -0.4 is 10.1 Å². The standard InChI is InChI=1S/C21H20Cl2N2O2S/c1-2-19(14-3-5-15(22)6-4-14)25-20(26)11-17-13-28-21(24-17)12-27-18-9-7-16(23)8-10-18/h3-10,13,19H,2,11-12H2,1H3,(H,25,26). The van der Waals surface area contributed by atoms with Crippen LogP contribution in [0.2, 0.25) is 10.0 Å². The van der Waals surface area contributed by atoms with Gasteiger partial charge >= 0.3 is 0 Å². The predicted molar refractivity (Wildman–Crippen MR) is 114 cm³/mol. The summed E-state index contributed by atoms with van der Waals surface area (Å²) >= 11 is 13.3. The monoisotopic (exact) mass is 434 g/mol. The molecule has 0 aliphatic heterocycles. The molecule has 3 aromatic rings. The molecule has 1 N–H and O–H groups in total. The summed E-state index contributed by atoms with van der Waals surface area (Å²) < 4.78 is 5.69. The van der Waals surface area contributed by atoms with Gasteiger partial charge in [-0.1, -0.05) is 42.3 Å². The van der Waals surface area contributed by atoms with Crippen molar-refractivity contribution in [2.75, 3.05) is 0 Å². The lowest BCUT2D eigenvalue weighted by Crippen LogP contribution is -2.29. The van der Waals surface area contributed by atoms with Gasteiger partial charge in [-0.15, -0.1) is 11.3 Å². The van der Waals surface area contributed by atoms with Gasteiger partial charge in [-0.3, -0.25) is 4.79 Å². The fourth-order valence-electron chi connectivity index (χ4n) is 2.70. The molecule has 1 aromatic heterocycles. The number of carbonyl (C=O) groups excluding carboxylic acids is 1. The maximum Gasteiger partial charge on any atom is 0.226 e. The number of rotatable bonds is 8. The molecular formula is C21H20Cl2N2O2S. The van der Waals surface area contributed by atoms with Crippen molar-refractivity contribution in [3.8, 4) is 5.75 Å². The number of benzene rings is 2. The summed E-state index contributed by atoms with van der Waals surface area (Å²) in [7, 11) is 0. The minimum Gasteiger partial charge on any atom is -0.486 e. The first kappa shape index (κ1) is 20.6. The first-order chi connectivity index (χ1) is 13.5. The topological polar surface area (TPSA) is 51.2 Å². The van der Waals surface area contributed by atoms with Crippen LogP contribution in [0.4, 0.5) is 0 Å². The molecule has 0 saturated heterocycles. The molecule has 1 amide bonds. The molecule has 4 nitrogen and oxygen atoms in total. The van der Waals surface area contributed by atoms with Crippen LogP contribution in [-0.2, 0) is 17.8 Å². The number of halogens is 2. The predicted octanol–water partition coefficient (Wildman–Crippen LogP) is 5.84. The lowest BCUT2D eigenvalue weighted by Gasteiger charge is -2.17. The van der Waals surface area contributed by atoms with Crippen molar-refractivity contribution < 1.29 is 9.53 Å². The van der Waals surface area contributed by atoms with Gasteiger partial charge in [-0.05, 0) is 48.4 Å². The molecule has 3 rings (SSSR count). The Hall–Kier alpha value is -2.08. The lowest BCUT2D eigenvalue weighted by molar-refractivity contribution is -0.121. The summed E-state index contributed by atoms with van der Waals surface area (Å²) in [6.45, 7) is 2.39. The van der Waals surface area contributed by atoms with Gasteiger partial charge in [0.15, 0.2) is 0 Å². The van der Waals surface area contributed by atoms with Gasteiger partial charge in [0.05, 0.1) is 18.2 Å². The maximum absolute atomic E-state index is 12.4. The van der Waals surface area contributed by atoms with E-state index in [1.54, 1.807) is 12.1 Å². The van der Waals surface area contributed by atoms with Gasteiger partial charge in [0.25, 0.3) is 0 Å². The number of carbonyl (C=O) groups is 1. The van der Waals surface area contributed by atoms with E-state index in [2.05, 4.69) is 10.3 Å². The smallest absolute Gasteiger partial charge is 0.226 e. The average Bonchev–Trinajstić information content (AvgIpc) is 3.13. The second-order valence-electron chi connectivity index (χ2n) is 6.23. The molecule has 28 heavy (non-hydrogen) atoms. The minimum absolute atomic E-state index is 0.0453. The third-order valence-corrected chi connectivity index (χ3v) is 5.51. The Morgan fingerprint density at radius 1 is 1.11 bits per heavy atom. The Balaban J connectivity index is 1.52. The van der Waals surface area contributed by atoms with Crippen LogP contribution >= 0.6 is 34.5 Å². The fourth-order valence-corrected chi connectivity index (χ4v) is 3.66. The van der Waals surface area contributed by atoms with Crippen LogP contribution in [0.1, 0.15) is 35.7 Å². The Bertz CT molecular complexity index is 911. The molecule has 1 atom stereocenters. The van der Waals surface area contributed by atoms with Crippen molar-refractivity contribution in [3.63, 3.8) is 0 Å². The van der Waals surface area contributed by atoms with Crippen molar-refractivity contribution in [2.45, 2.75) is 32.4 Å². The Labute approximate surface area is 178 Å². The summed E-state index contributed by atoms with van der Waals surface area (Å²) in [5, 5.41) is 7.12. The fraction of sp³-hybridized carbons (Fsp3) is 0.238. The van der Waals surface area contributed by atoms with Crippen molar-refractivity contribution in [3.05, 3.63) is 80.2 Å². The molecular weight excluding hydrogens is 415 g/mol. The van der Waals surface area contributed by atoms with Gasteiger partial charge in [0.2, 0.25) is 5.91 Å². The number of nitrogens with one attached hydrogen (secondary N) is 1. The van der Waals surface area contributed by atoms with E-state index in [0.29, 0.717) is 16.7 Å². The summed E-state index contributed by atoms with van der Waals surface area (Å²) in [6.07, 6.45) is 1.03. The zero-order chi connectivity index (χ0) is 19.9. The van der Waals surface area contributed by atoms with Crippen LogP contribution in [0.25, 0.3) is 0 Å².